The largest absolute Gasteiger partial charge is 0.328 e. The van der Waals surface area contributed by atoms with Crippen LogP contribution in [0.3, 0.4) is 0 Å². The Bertz CT molecular complexity index is 524. The Labute approximate surface area is 114 Å². The van der Waals surface area contributed by atoms with E-state index in [9.17, 15) is 0 Å². The lowest BCUT2D eigenvalue weighted by molar-refractivity contribution is 0.542. The average molecular weight is 261 g/mol. The maximum atomic E-state index is 4.48. The van der Waals surface area contributed by atoms with Gasteiger partial charge in [-0.1, -0.05) is 13.8 Å². The number of imidazole rings is 1. The van der Waals surface area contributed by atoms with E-state index in [1.165, 1.54) is 5.69 Å². The molecule has 19 heavy (non-hydrogen) atoms. The van der Waals surface area contributed by atoms with Gasteiger partial charge < -0.3 is 9.88 Å². The number of nitrogens with zero attached hydrogens (tertiary/aromatic N) is 4. The average Bonchev–Trinajstić information content (AvgIpc) is 2.93. The molecule has 1 N–H and O–H groups in total. The maximum absolute atomic E-state index is 4.48. The van der Waals surface area contributed by atoms with Crippen LogP contribution in [0.1, 0.15) is 38.0 Å². The van der Waals surface area contributed by atoms with Crippen molar-refractivity contribution in [3.05, 3.63) is 35.7 Å². The molecule has 0 aromatic carbocycles. The first-order valence-electron chi connectivity index (χ1n) is 6.87. The van der Waals surface area contributed by atoms with E-state index in [1.54, 1.807) is 0 Å². The monoisotopic (exact) mass is 261 g/mol. The molecule has 0 saturated carbocycles. The summed E-state index contributed by atoms with van der Waals surface area (Å²) in [4.78, 5) is 4.42. The molecule has 0 radical (unpaired) electrons. The molecule has 104 valence electrons. The van der Waals surface area contributed by atoms with Crippen LogP contribution in [0.15, 0.2) is 18.5 Å². The molecule has 2 rings (SSSR count). The van der Waals surface area contributed by atoms with Crippen LogP contribution >= 0.6 is 0 Å². The zero-order chi connectivity index (χ0) is 13.8. The van der Waals surface area contributed by atoms with Crippen molar-refractivity contribution in [2.45, 2.75) is 53.4 Å². The van der Waals surface area contributed by atoms with Gasteiger partial charge in [-0.3, -0.25) is 4.68 Å². The van der Waals surface area contributed by atoms with Crippen molar-refractivity contribution >= 4 is 0 Å². The summed E-state index contributed by atoms with van der Waals surface area (Å²) in [5.41, 5.74) is 2.29. The van der Waals surface area contributed by atoms with Gasteiger partial charge in [0.25, 0.3) is 0 Å². The van der Waals surface area contributed by atoms with Crippen molar-refractivity contribution in [2.75, 3.05) is 0 Å². The van der Waals surface area contributed by atoms with Gasteiger partial charge in [0.1, 0.15) is 5.82 Å². The van der Waals surface area contributed by atoms with E-state index in [4.69, 9.17) is 0 Å². The second kappa shape index (κ2) is 6.02. The number of nitrogens with one attached hydrogen (secondary N) is 1. The van der Waals surface area contributed by atoms with Crippen LogP contribution in [-0.2, 0) is 19.6 Å². The van der Waals surface area contributed by atoms with Crippen LogP contribution in [-0.4, -0.2) is 25.4 Å². The van der Waals surface area contributed by atoms with Crippen molar-refractivity contribution in [3.63, 3.8) is 0 Å². The minimum Gasteiger partial charge on any atom is -0.328 e. The van der Waals surface area contributed by atoms with Gasteiger partial charge in [0.05, 0.1) is 24.5 Å². The summed E-state index contributed by atoms with van der Waals surface area (Å²) in [6, 6.07) is 2.61. The first kappa shape index (κ1) is 13.8. The summed E-state index contributed by atoms with van der Waals surface area (Å²) in [7, 11) is 0. The highest BCUT2D eigenvalue weighted by Crippen LogP contribution is 2.08. The minimum absolute atomic E-state index is 0.466. The Hall–Kier alpha value is -1.62. The molecule has 5 heteroatoms. The summed E-state index contributed by atoms with van der Waals surface area (Å²) in [6.45, 7) is 11.0. The van der Waals surface area contributed by atoms with Crippen LogP contribution in [0, 0.1) is 6.92 Å². The summed E-state index contributed by atoms with van der Waals surface area (Å²) in [6.07, 6.45) is 3.89. The Morgan fingerprint density at radius 1 is 1.37 bits per heavy atom. The van der Waals surface area contributed by atoms with Crippen LogP contribution in [0.25, 0.3) is 0 Å². The second-order valence-corrected chi connectivity index (χ2v) is 5.10. The molecule has 0 atom stereocenters. The predicted octanol–water partition coefficient (Wildman–Crippen LogP) is 1.95. The molecule has 0 fully saturated rings. The lowest BCUT2D eigenvalue weighted by atomic mass is 10.3. The second-order valence-electron chi connectivity index (χ2n) is 5.10. The van der Waals surface area contributed by atoms with Crippen LogP contribution in [0.5, 0.6) is 0 Å². The highest BCUT2D eigenvalue weighted by molar-refractivity contribution is 5.10. The molecule has 0 bridgehead atoms. The summed E-state index contributed by atoms with van der Waals surface area (Å²) in [5.74, 6) is 1.07. The predicted molar refractivity (Wildman–Crippen MR) is 75.9 cm³/mol. The minimum atomic E-state index is 0.466. The summed E-state index contributed by atoms with van der Waals surface area (Å²) < 4.78 is 4.23. The standard InChI is InChI=1S/C14H23N5/c1-5-19-13(8-12(4)17-19)10-18-7-6-15-14(18)9-16-11(2)3/h6-8,11,16H,5,9-10H2,1-4H3. The third kappa shape index (κ3) is 3.44. The molecule has 0 spiro atoms. The van der Waals surface area contributed by atoms with Gasteiger partial charge in [-0.25, -0.2) is 4.98 Å². The Kier molecular flexibility index (Phi) is 4.37. The van der Waals surface area contributed by atoms with Crippen molar-refractivity contribution in [2.24, 2.45) is 0 Å². The number of aromatic nitrogens is 4. The van der Waals surface area contributed by atoms with Crippen molar-refractivity contribution in [3.8, 4) is 0 Å². The molecule has 0 aliphatic rings. The molecule has 2 heterocycles. The first-order chi connectivity index (χ1) is 9.10. The van der Waals surface area contributed by atoms with Gasteiger partial charge in [-0.2, -0.15) is 5.10 Å². The molecule has 5 nitrogen and oxygen atoms in total. The highest BCUT2D eigenvalue weighted by Gasteiger charge is 2.08. The van der Waals surface area contributed by atoms with E-state index in [1.807, 2.05) is 19.3 Å². The van der Waals surface area contributed by atoms with Crippen LogP contribution in [0.2, 0.25) is 0 Å². The topological polar surface area (TPSA) is 47.7 Å². The van der Waals surface area contributed by atoms with Gasteiger partial charge in [-0.15, -0.1) is 0 Å². The number of hydrogen-bond acceptors (Lipinski definition) is 3. The molecular weight excluding hydrogens is 238 g/mol. The van der Waals surface area contributed by atoms with E-state index in [-0.39, 0.29) is 0 Å². The molecular formula is C14H23N5. The van der Waals surface area contributed by atoms with Crippen molar-refractivity contribution in [1.29, 1.82) is 0 Å². The van der Waals surface area contributed by atoms with Crippen LogP contribution < -0.4 is 5.32 Å². The normalized spacial score (nSPS) is 11.4. The third-order valence-corrected chi connectivity index (χ3v) is 3.09. The molecule has 0 aliphatic carbocycles. The lowest BCUT2D eigenvalue weighted by Gasteiger charge is -2.11. The van der Waals surface area contributed by atoms with E-state index < -0.39 is 0 Å². The summed E-state index contributed by atoms with van der Waals surface area (Å²) in [5, 5.41) is 7.88. The van der Waals surface area contributed by atoms with Gasteiger partial charge in [0.15, 0.2) is 0 Å². The van der Waals surface area contributed by atoms with Gasteiger partial charge in [-0.05, 0) is 19.9 Å². The lowest BCUT2D eigenvalue weighted by Crippen LogP contribution is -2.24. The van der Waals surface area contributed by atoms with Gasteiger partial charge >= 0.3 is 0 Å². The van der Waals surface area contributed by atoms with Gasteiger partial charge in [0, 0.05) is 25.0 Å². The fourth-order valence-corrected chi connectivity index (χ4v) is 2.12. The molecule has 0 saturated heterocycles. The molecule has 2 aromatic rings. The fourth-order valence-electron chi connectivity index (χ4n) is 2.12. The van der Waals surface area contributed by atoms with Crippen molar-refractivity contribution < 1.29 is 0 Å². The third-order valence-electron chi connectivity index (χ3n) is 3.09. The zero-order valence-electron chi connectivity index (χ0n) is 12.2. The van der Waals surface area contributed by atoms with E-state index in [0.29, 0.717) is 6.04 Å². The Morgan fingerprint density at radius 2 is 2.16 bits per heavy atom. The number of hydrogen-bond donors (Lipinski definition) is 1. The van der Waals surface area contributed by atoms with Gasteiger partial charge in [0.2, 0.25) is 0 Å². The molecule has 0 amide bonds. The number of aryl methyl sites for hydroxylation is 2. The van der Waals surface area contributed by atoms with Crippen LogP contribution in [0.4, 0.5) is 0 Å². The molecule has 2 aromatic heterocycles. The fraction of sp³-hybridized carbons (Fsp3) is 0.571. The Balaban J connectivity index is 2.12. The zero-order valence-corrected chi connectivity index (χ0v) is 12.2. The molecule has 0 unspecified atom stereocenters. The first-order valence-corrected chi connectivity index (χ1v) is 6.87. The highest BCUT2D eigenvalue weighted by atomic mass is 15.3. The quantitative estimate of drug-likeness (QED) is 0.864. The van der Waals surface area contributed by atoms with Crippen molar-refractivity contribution in [1.82, 2.24) is 24.6 Å². The molecule has 0 aliphatic heterocycles. The summed E-state index contributed by atoms with van der Waals surface area (Å²) >= 11 is 0. The van der Waals surface area contributed by atoms with E-state index in [0.717, 1.165) is 31.2 Å². The van der Waals surface area contributed by atoms with E-state index >= 15 is 0 Å². The number of rotatable bonds is 6. The van der Waals surface area contributed by atoms with E-state index in [2.05, 4.69) is 51.5 Å². The smallest absolute Gasteiger partial charge is 0.123 e. The maximum Gasteiger partial charge on any atom is 0.123 e. The Morgan fingerprint density at radius 3 is 2.84 bits per heavy atom. The SMILES string of the molecule is CCn1nc(C)cc1Cn1ccnc1CNC(C)C.